The lowest BCUT2D eigenvalue weighted by Gasteiger charge is -2.19. The number of nitriles is 1. The number of hydrogen-bond acceptors (Lipinski definition) is 5. The van der Waals surface area contributed by atoms with Crippen LogP contribution in [0.15, 0.2) is 29.1 Å². The van der Waals surface area contributed by atoms with Gasteiger partial charge in [0.2, 0.25) is 5.88 Å². The van der Waals surface area contributed by atoms with Gasteiger partial charge in [-0.25, -0.2) is 0 Å². The third-order valence-corrected chi connectivity index (χ3v) is 4.43. The number of nitrogens with zero attached hydrogens (tertiary/aromatic N) is 2. The van der Waals surface area contributed by atoms with Gasteiger partial charge in [-0.2, -0.15) is 5.26 Å². The van der Waals surface area contributed by atoms with Gasteiger partial charge in [-0.05, 0) is 57.0 Å². The van der Waals surface area contributed by atoms with E-state index >= 15 is 0 Å². The molecule has 1 N–H and O–H groups in total. The van der Waals surface area contributed by atoms with Crippen LogP contribution in [0.2, 0.25) is 0 Å². The van der Waals surface area contributed by atoms with Crippen LogP contribution < -0.4 is 10.3 Å². The number of hydrogen-bond donors (Lipinski definition) is 1. The van der Waals surface area contributed by atoms with Crippen molar-refractivity contribution in [3.63, 3.8) is 0 Å². The Labute approximate surface area is 152 Å². The second kappa shape index (κ2) is 7.87. The highest BCUT2D eigenvalue weighted by atomic mass is 16.5. The second-order valence-corrected chi connectivity index (χ2v) is 6.03. The fourth-order valence-electron chi connectivity index (χ4n) is 2.80. The molecule has 0 fully saturated rings. The summed E-state index contributed by atoms with van der Waals surface area (Å²) < 4.78 is 6.48. The Balaban J connectivity index is 2.66. The van der Waals surface area contributed by atoms with Gasteiger partial charge in [0, 0.05) is 11.6 Å². The van der Waals surface area contributed by atoms with E-state index in [4.69, 9.17) is 4.74 Å². The van der Waals surface area contributed by atoms with E-state index in [2.05, 4.69) is 0 Å². The topological polar surface area (TPSA) is 92.3 Å². The lowest BCUT2D eigenvalue weighted by Crippen LogP contribution is -2.28. The molecule has 0 saturated heterocycles. The summed E-state index contributed by atoms with van der Waals surface area (Å²) in [4.78, 5) is 25.5. The number of aromatic nitrogens is 1. The Morgan fingerprint density at radius 2 is 1.92 bits per heavy atom. The zero-order valence-corrected chi connectivity index (χ0v) is 15.4. The van der Waals surface area contributed by atoms with Crippen molar-refractivity contribution in [1.82, 2.24) is 4.57 Å². The van der Waals surface area contributed by atoms with Gasteiger partial charge in [0.1, 0.15) is 17.4 Å². The number of ketones is 1. The highest BCUT2D eigenvalue weighted by Gasteiger charge is 2.26. The number of carbonyl (C=O) groups excluding carboxylic acids is 1. The number of ether oxygens (including phenoxy) is 1. The SMILES string of the molecule is CCOc1ccc(C(=O)c2c(C)c(C#N)c(=O)n(C(C)CC)c2O)cc1. The van der Waals surface area contributed by atoms with Crippen molar-refractivity contribution >= 4 is 5.78 Å². The van der Waals surface area contributed by atoms with Crippen LogP contribution in [0.3, 0.4) is 0 Å². The Bertz CT molecular complexity index is 921. The molecule has 0 amide bonds. The van der Waals surface area contributed by atoms with Crippen LogP contribution in [-0.2, 0) is 0 Å². The van der Waals surface area contributed by atoms with E-state index in [-0.39, 0.29) is 22.7 Å². The first-order valence-corrected chi connectivity index (χ1v) is 8.52. The molecule has 6 nitrogen and oxygen atoms in total. The van der Waals surface area contributed by atoms with Crippen LogP contribution in [-0.4, -0.2) is 22.1 Å². The van der Waals surface area contributed by atoms with Crippen LogP contribution >= 0.6 is 0 Å². The molecule has 1 atom stereocenters. The highest BCUT2D eigenvalue weighted by Crippen LogP contribution is 2.28. The Kier molecular flexibility index (Phi) is 5.83. The van der Waals surface area contributed by atoms with Crippen molar-refractivity contribution in [3.05, 3.63) is 56.9 Å². The molecule has 0 bridgehead atoms. The van der Waals surface area contributed by atoms with Crippen molar-refractivity contribution in [2.45, 2.75) is 40.2 Å². The Morgan fingerprint density at radius 1 is 1.31 bits per heavy atom. The minimum atomic E-state index is -0.583. The van der Waals surface area contributed by atoms with Gasteiger partial charge in [0.25, 0.3) is 5.56 Å². The number of rotatable bonds is 6. The third-order valence-electron chi connectivity index (χ3n) is 4.43. The molecule has 136 valence electrons. The summed E-state index contributed by atoms with van der Waals surface area (Å²) in [5.74, 6) is -0.219. The van der Waals surface area contributed by atoms with E-state index in [1.54, 1.807) is 31.2 Å². The fourth-order valence-corrected chi connectivity index (χ4v) is 2.80. The fraction of sp³-hybridized carbons (Fsp3) is 0.350. The minimum absolute atomic E-state index is 0.0226. The summed E-state index contributed by atoms with van der Waals surface area (Å²) in [5, 5.41) is 20.0. The zero-order valence-electron chi connectivity index (χ0n) is 15.4. The van der Waals surface area contributed by atoms with Gasteiger partial charge in [-0.1, -0.05) is 6.92 Å². The summed E-state index contributed by atoms with van der Waals surface area (Å²) in [6, 6.07) is 8.04. The number of carbonyl (C=O) groups is 1. The molecule has 2 aromatic rings. The third kappa shape index (κ3) is 3.33. The van der Waals surface area contributed by atoms with E-state index < -0.39 is 17.2 Å². The second-order valence-electron chi connectivity index (χ2n) is 6.03. The molecule has 6 heteroatoms. The maximum Gasteiger partial charge on any atom is 0.271 e. The van der Waals surface area contributed by atoms with Crippen molar-refractivity contribution in [1.29, 1.82) is 5.26 Å². The predicted octanol–water partition coefficient (Wildman–Crippen LogP) is 3.33. The van der Waals surface area contributed by atoms with Crippen molar-refractivity contribution in [3.8, 4) is 17.7 Å². The summed E-state index contributed by atoms with van der Waals surface area (Å²) in [6.07, 6.45) is 0.568. The molecule has 0 spiro atoms. The maximum atomic E-state index is 13.0. The normalized spacial score (nSPS) is 11.7. The van der Waals surface area contributed by atoms with Crippen molar-refractivity contribution in [2.24, 2.45) is 0 Å². The molecular weight excluding hydrogens is 332 g/mol. The van der Waals surface area contributed by atoms with Crippen molar-refractivity contribution in [2.75, 3.05) is 6.61 Å². The van der Waals surface area contributed by atoms with Gasteiger partial charge in [0.05, 0.1) is 12.2 Å². The average Bonchev–Trinajstić information content (AvgIpc) is 2.62. The van der Waals surface area contributed by atoms with Gasteiger partial charge in [-0.3, -0.25) is 14.2 Å². The monoisotopic (exact) mass is 354 g/mol. The molecular formula is C20H22N2O4. The Morgan fingerprint density at radius 3 is 2.42 bits per heavy atom. The van der Waals surface area contributed by atoms with Gasteiger partial charge < -0.3 is 9.84 Å². The van der Waals surface area contributed by atoms with Gasteiger partial charge >= 0.3 is 0 Å². The molecule has 0 aliphatic rings. The molecule has 1 heterocycles. The van der Waals surface area contributed by atoms with Crippen LogP contribution in [0.1, 0.15) is 60.3 Å². The van der Waals surface area contributed by atoms with Gasteiger partial charge in [0.15, 0.2) is 5.78 Å². The van der Waals surface area contributed by atoms with E-state index in [9.17, 15) is 20.0 Å². The molecule has 26 heavy (non-hydrogen) atoms. The predicted molar refractivity (Wildman–Crippen MR) is 97.9 cm³/mol. The lowest BCUT2D eigenvalue weighted by molar-refractivity contribution is 0.103. The average molecular weight is 354 g/mol. The quantitative estimate of drug-likeness (QED) is 0.803. The summed E-state index contributed by atoms with van der Waals surface area (Å²) in [6.45, 7) is 7.49. The van der Waals surface area contributed by atoms with Gasteiger partial charge in [-0.15, -0.1) is 0 Å². The smallest absolute Gasteiger partial charge is 0.271 e. The van der Waals surface area contributed by atoms with Crippen LogP contribution in [0, 0.1) is 18.3 Å². The van der Waals surface area contributed by atoms with E-state index in [1.165, 1.54) is 6.92 Å². The first-order valence-electron chi connectivity index (χ1n) is 8.52. The summed E-state index contributed by atoms with van der Waals surface area (Å²) in [5.41, 5.74) is -0.207. The standard InChI is InChI=1S/C20H22N2O4/c1-5-12(3)22-19(24)16(11-21)13(4)17(20(22)25)18(23)14-7-9-15(10-8-14)26-6-2/h7-10,12,25H,5-6H2,1-4H3. The summed E-state index contributed by atoms with van der Waals surface area (Å²) in [7, 11) is 0. The van der Waals surface area contributed by atoms with E-state index in [0.717, 1.165) is 4.57 Å². The molecule has 1 aromatic heterocycles. The molecule has 1 unspecified atom stereocenters. The van der Waals surface area contributed by atoms with Crippen LogP contribution in [0.4, 0.5) is 0 Å². The Hall–Kier alpha value is -3.07. The van der Waals surface area contributed by atoms with Crippen molar-refractivity contribution < 1.29 is 14.6 Å². The zero-order chi connectivity index (χ0) is 19.4. The van der Waals surface area contributed by atoms with E-state index in [1.807, 2.05) is 19.9 Å². The molecule has 0 aliphatic heterocycles. The van der Waals surface area contributed by atoms with Crippen LogP contribution in [0.25, 0.3) is 0 Å². The number of aromatic hydroxyl groups is 1. The molecule has 0 saturated carbocycles. The molecule has 1 aromatic carbocycles. The molecule has 0 aliphatic carbocycles. The first-order chi connectivity index (χ1) is 12.4. The first kappa shape index (κ1) is 19.3. The highest BCUT2D eigenvalue weighted by molar-refractivity contribution is 6.11. The molecule has 0 radical (unpaired) electrons. The summed E-state index contributed by atoms with van der Waals surface area (Å²) >= 11 is 0. The van der Waals surface area contributed by atoms with E-state index in [0.29, 0.717) is 24.3 Å². The maximum absolute atomic E-state index is 13.0. The molecule has 2 rings (SSSR count). The lowest BCUT2D eigenvalue weighted by atomic mass is 9.96. The minimum Gasteiger partial charge on any atom is -0.494 e. The largest absolute Gasteiger partial charge is 0.494 e. The number of benzene rings is 1. The number of pyridine rings is 1. The van der Waals surface area contributed by atoms with Crippen LogP contribution in [0.5, 0.6) is 11.6 Å².